The SMILES string of the molecule is CC(C)CC(=O)Nc1cncc(-c2cc(F)c3n[nH]c(-c4nc5nccc(-c6ccccc6F)c5[nH]4)c3c2)c1. The van der Waals surface area contributed by atoms with Crippen LogP contribution >= 0.6 is 0 Å². The maximum atomic E-state index is 15.2. The van der Waals surface area contributed by atoms with Crippen molar-refractivity contribution in [3.8, 4) is 33.8 Å². The lowest BCUT2D eigenvalue weighted by Gasteiger charge is -2.09. The highest BCUT2D eigenvalue weighted by molar-refractivity contribution is 5.98. The van der Waals surface area contributed by atoms with E-state index in [1.54, 1.807) is 55.0 Å². The zero-order chi connectivity index (χ0) is 27.1. The van der Waals surface area contributed by atoms with Crippen molar-refractivity contribution in [2.24, 2.45) is 5.92 Å². The molecule has 2 aromatic carbocycles. The van der Waals surface area contributed by atoms with Gasteiger partial charge in [-0.1, -0.05) is 32.0 Å². The average Bonchev–Trinajstić information content (AvgIpc) is 3.53. The topological polar surface area (TPSA) is 112 Å². The van der Waals surface area contributed by atoms with Crippen molar-refractivity contribution in [2.45, 2.75) is 20.3 Å². The highest BCUT2D eigenvalue weighted by atomic mass is 19.1. The van der Waals surface area contributed by atoms with Crippen molar-refractivity contribution >= 4 is 33.7 Å². The molecule has 0 bridgehead atoms. The molecule has 4 heterocycles. The van der Waals surface area contributed by atoms with Crippen LogP contribution < -0.4 is 5.32 Å². The third-order valence-corrected chi connectivity index (χ3v) is 6.35. The van der Waals surface area contributed by atoms with Gasteiger partial charge in [-0.25, -0.2) is 18.7 Å². The molecule has 6 aromatic rings. The summed E-state index contributed by atoms with van der Waals surface area (Å²) in [6.07, 6.45) is 5.10. The molecule has 8 nitrogen and oxygen atoms in total. The van der Waals surface area contributed by atoms with Crippen LogP contribution in [0.15, 0.2) is 67.1 Å². The Balaban J connectivity index is 1.42. The summed E-state index contributed by atoms with van der Waals surface area (Å²) in [7, 11) is 0. The van der Waals surface area contributed by atoms with E-state index >= 15 is 4.39 Å². The minimum absolute atomic E-state index is 0.115. The number of amides is 1. The van der Waals surface area contributed by atoms with Gasteiger partial charge in [0.15, 0.2) is 17.3 Å². The molecule has 0 atom stereocenters. The Morgan fingerprint density at radius 2 is 1.85 bits per heavy atom. The number of carbonyl (C=O) groups is 1. The quantitative estimate of drug-likeness (QED) is 0.231. The molecule has 3 N–H and O–H groups in total. The van der Waals surface area contributed by atoms with Crippen LogP contribution in [0.1, 0.15) is 20.3 Å². The maximum Gasteiger partial charge on any atom is 0.224 e. The molecular formula is C29H23F2N7O. The number of halogens is 2. The second kappa shape index (κ2) is 9.71. The number of carbonyl (C=O) groups excluding carboxylic acids is 1. The molecule has 0 radical (unpaired) electrons. The number of rotatable bonds is 6. The molecule has 39 heavy (non-hydrogen) atoms. The van der Waals surface area contributed by atoms with Crippen LogP contribution in [0, 0.1) is 17.6 Å². The first-order chi connectivity index (χ1) is 18.9. The molecule has 0 saturated carbocycles. The van der Waals surface area contributed by atoms with E-state index in [0.717, 1.165) is 0 Å². The van der Waals surface area contributed by atoms with E-state index in [0.29, 0.717) is 62.4 Å². The number of hydrogen-bond donors (Lipinski definition) is 3. The van der Waals surface area contributed by atoms with E-state index in [1.165, 1.54) is 12.1 Å². The molecule has 10 heteroatoms. The van der Waals surface area contributed by atoms with Crippen LogP contribution in [-0.4, -0.2) is 36.0 Å². The number of pyridine rings is 2. The molecule has 0 aliphatic rings. The molecule has 6 rings (SSSR count). The van der Waals surface area contributed by atoms with Crippen LogP contribution in [0.3, 0.4) is 0 Å². The van der Waals surface area contributed by atoms with Gasteiger partial charge in [0.2, 0.25) is 5.91 Å². The Bertz CT molecular complexity index is 1860. The number of fused-ring (bicyclic) bond motifs is 2. The lowest BCUT2D eigenvalue weighted by Crippen LogP contribution is -2.13. The zero-order valence-electron chi connectivity index (χ0n) is 21.1. The first-order valence-corrected chi connectivity index (χ1v) is 12.4. The zero-order valence-corrected chi connectivity index (χ0v) is 21.1. The standard InChI is InChI=1S/C29H23F2N7O/c1-15(2)9-24(39)34-18-10-17(13-32-14-18)16-11-21-25(23(31)12-16)37-38-27(21)29-35-26-20(7-8-33-28(26)36-29)19-5-3-4-6-22(19)30/h3-8,10-15H,9H2,1-2H3,(H,34,39)(H,37,38)(H,33,35,36). The van der Waals surface area contributed by atoms with Crippen molar-refractivity contribution < 1.29 is 13.6 Å². The first kappa shape index (κ1) is 24.4. The number of H-pyrrole nitrogens is 2. The second-order valence-corrected chi connectivity index (χ2v) is 9.68. The molecular weight excluding hydrogens is 500 g/mol. The van der Waals surface area contributed by atoms with Crippen molar-refractivity contribution in [3.63, 3.8) is 0 Å². The Kier molecular flexibility index (Phi) is 6.07. The number of aromatic amines is 2. The predicted octanol–water partition coefficient (Wildman–Crippen LogP) is 6.49. The minimum Gasteiger partial charge on any atom is -0.335 e. The van der Waals surface area contributed by atoms with E-state index < -0.39 is 5.82 Å². The maximum absolute atomic E-state index is 15.2. The average molecular weight is 524 g/mol. The van der Waals surface area contributed by atoms with Crippen LogP contribution in [0.5, 0.6) is 0 Å². The fraction of sp³-hybridized carbons (Fsp3) is 0.138. The fourth-order valence-electron chi connectivity index (χ4n) is 4.60. The first-order valence-electron chi connectivity index (χ1n) is 12.4. The van der Waals surface area contributed by atoms with Crippen molar-refractivity contribution in [1.29, 1.82) is 0 Å². The molecule has 194 valence electrons. The third kappa shape index (κ3) is 4.61. The Hall–Kier alpha value is -4.99. The summed E-state index contributed by atoms with van der Waals surface area (Å²) in [6.45, 7) is 3.93. The molecule has 4 aromatic heterocycles. The van der Waals surface area contributed by atoms with E-state index in [4.69, 9.17) is 0 Å². The highest BCUT2D eigenvalue weighted by Crippen LogP contribution is 2.34. The van der Waals surface area contributed by atoms with Gasteiger partial charge in [0.05, 0.1) is 17.4 Å². The van der Waals surface area contributed by atoms with E-state index in [-0.39, 0.29) is 23.2 Å². The molecule has 0 spiro atoms. The highest BCUT2D eigenvalue weighted by Gasteiger charge is 2.19. The van der Waals surface area contributed by atoms with Gasteiger partial charge in [0.25, 0.3) is 0 Å². The Labute approximate surface area is 221 Å². The van der Waals surface area contributed by atoms with Gasteiger partial charge in [-0.05, 0) is 41.8 Å². The number of nitrogens with zero attached hydrogens (tertiary/aromatic N) is 4. The number of benzene rings is 2. The molecule has 0 aliphatic carbocycles. The summed E-state index contributed by atoms with van der Waals surface area (Å²) in [5.41, 5.74) is 4.25. The third-order valence-electron chi connectivity index (χ3n) is 6.35. The van der Waals surface area contributed by atoms with E-state index in [9.17, 15) is 9.18 Å². The smallest absolute Gasteiger partial charge is 0.224 e. The van der Waals surface area contributed by atoms with Gasteiger partial charge < -0.3 is 10.3 Å². The number of hydrogen-bond acceptors (Lipinski definition) is 5. The van der Waals surface area contributed by atoms with Gasteiger partial charge >= 0.3 is 0 Å². The molecule has 0 unspecified atom stereocenters. The Morgan fingerprint density at radius 3 is 2.67 bits per heavy atom. The summed E-state index contributed by atoms with van der Waals surface area (Å²) in [5, 5.41) is 10.4. The van der Waals surface area contributed by atoms with Crippen LogP contribution in [0.2, 0.25) is 0 Å². The van der Waals surface area contributed by atoms with Gasteiger partial charge in [-0.2, -0.15) is 5.10 Å². The number of anilines is 1. The lowest BCUT2D eigenvalue weighted by molar-refractivity contribution is -0.116. The summed E-state index contributed by atoms with van der Waals surface area (Å²) in [5.74, 6) is -0.408. The predicted molar refractivity (Wildman–Crippen MR) is 146 cm³/mol. The normalized spacial score (nSPS) is 11.5. The van der Waals surface area contributed by atoms with Gasteiger partial charge in [-0.15, -0.1) is 0 Å². The summed E-state index contributed by atoms with van der Waals surface area (Å²) in [6, 6.07) is 13.1. The molecule has 0 aliphatic heterocycles. The van der Waals surface area contributed by atoms with E-state index in [2.05, 4.69) is 35.5 Å². The Morgan fingerprint density at radius 1 is 1.00 bits per heavy atom. The monoisotopic (exact) mass is 523 g/mol. The van der Waals surface area contributed by atoms with Crippen molar-refractivity contribution in [2.75, 3.05) is 5.32 Å². The number of aromatic nitrogens is 6. The number of nitrogens with one attached hydrogen (secondary N) is 3. The molecule has 0 saturated heterocycles. The second-order valence-electron chi connectivity index (χ2n) is 9.68. The van der Waals surface area contributed by atoms with Crippen LogP contribution in [0.25, 0.3) is 55.8 Å². The van der Waals surface area contributed by atoms with Crippen LogP contribution in [0.4, 0.5) is 14.5 Å². The summed E-state index contributed by atoms with van der Waals surface area (Å²) >= 11 is 0. The van der Waals surface area contributed by atoms with Gasteiger partial charge in [0.1, 0.15) is 17.0 Å². The summed E-state index contributed by atoms with van der Waals surface area (Å²) in [4.78, 5) is 28.6. The van der Waals surface area contributed by atoms with Crippen molar-refractivity contribution in [3.05, 3.63) is 78.8 Å². The fourth-order valence-corrected chi connectivity index (χ4v) is 4.60. The van der Waals surface area contributed by atoms with Gasteiger partial charge in [-0.3, -0.25) is 14.9 Å². The largest absolute Gasteiger partial charge is 0.335 e. The summed E-state index contributed by atoms with van der Waals surface area (Å²) < 4.78 is 29.7. The van der Waals surface area contributed by atoms with E-state index in [1.807, 2.05) is 13.8 Å². The molecule has 0 fully saturated rings. The molecule has 1 amide bonds. The van der Waals surface area contributed by atoms with Crippen LogP contribution in [-0.2, 0) is 4.79 Å². The number of imidazole rings is 1. The van der Waals surface area contributed by atoms with Crippen molar-refractivity contribution in [1.82, 2.24) is 30.1 Å². The lowest BCUT2D eigenvalue weighted by atomic mass is 10.0. The minimum atomic E-state index is -0.527. The van der Waals surface area contributed by atoms with Gasteiger partial charge in [0, 0.05) is 40.9 Å².